The molecule has 1 aliphatic carbocycles. The zero-order chi connectivity index (χ0) is 13.8. The van der Waals surface area contributed by atoms with Crippen molar-refractivity contribution in [3.63, 3.8) is 0 Å². The van der Waals surface area contributed by atoms with Crippen LogP contribution in [0.2, 0.25) is 0 Å². The maximum absolute atomic E-state index is 13.2. The van der Waals surface area contributed by atoms with Crippen LogP contribution in [0.1, 0.15) is 50.6 Å². The van der Waals surface area contributed by atoms with Crippen molar-refractivity contribution in [2.45, 2.75) is 45.1 Å². The normalized spacial score (nSPS) is 25.3. The Bertz CT molecular complexity index is 421. The molecule has 0 spiro atoms. The predicted molar refractivity (Wildman–Crippen MR) is 81.6 cm³/mol. The topological polar surface area (TPSA) is 12.0 Å². The first-order valence-electron chi connectivity index (χ1n) is 7.29. The predicted octanol–water partition coefficient (Wildman–Crippen LogP) is 5.07. The van der Waals surface area contributed by atoms with E-state index >= 15 is 0 Å². The summed E-state index contributed by atoms with van der Waals surface area (Å²) < 4.78 is 14.1. The molecule has 1 saturated carbocycles. The van der Waals surface area contributed by atoms with Gasteiger partial charge in [0.25, 0.3) is 0 Å². The van der Waals surface area contributed by atoms with Gasteiger partial charge in [-0.25, -0.2) is 4.39 Å². The van der Waals surface area contributed by atoms with Crippen LogP contribution in [0.15, 0.2) is 22.7 Å². The number of benzene rings is 1. The molecule has 1 fully saturated rings. The molecule has 0 radical (unpaired) electrons. The summed E-state index contributed by atoms with van der Waals surface area (Å²) >= 11 is 3.52. The minimum Gasteiger partial charge on any atom is -0.313 e. The maximum atomic E-state index is 13.2. The van der Waals surface area contributed by atoms with Crippen LogP contribution in [0.5, 0.6) is 0 Å². The molecule has 3 atom stereocenters. The number of hydrogen-bond donors (Lipinski definition) is 1. The quantitative estimate of drug-likeness (QED) is 0.814. The molecule has 0 aliphatic heterocycles. The number of rotatable bonds is 4. The van der Waals surface area contributed by atoms with E-state index in [1.807, 2.05) is 13.1 Å². The lowest BCUT2D eigenvalue weighted by Crippen LogP contribution is -2.32. The Balaban J connectivity index is 2.27. The lowest BCUT2D eigenvalue weighted by Gasteiger charge is -2.37. The van der Waals surface area contributed by atoms with E-state index in [2.05, 4.69) is 28.2 Å². The molecule has 1 aromatic carbocycles. The van der Waals surface area contributed by atoms with Gasteiger partial charge in [-0.05, 0) is 43.0 Å². The summed E-state index contributed by atoms with van der Waals surface area (Å²) in [5.74, 6) is 1.26. The van der Waals surface area contributed by atoms with Crippen LogP contribution in [0.3, 0.4) is 0 Å². The first kappa shape index (κ1) is 15.0. The van der Waals surface area contributed by atoms with Crippen LogP contribution < -0.4 is 5.32 Å². The molecule has 1 aromatic rings. The summed E-state index contributed by atoms with van der Waals surface area (Å²) in [6.45, 7) is 2.29. The monoisotopic (exact) mass is 327 g/mol. The van der Waals surface area contributed by atoms with Gasteiger partial charge in [-0.2, -0.15) is 0 Å². The van der Waals surface area contributed by atoms with Crippen LogP contribution >= 0.6 is 15.9 Å². The van der Waals surface area contributed by atoms with E-state index in [0.717, 1.165) is 10.4 Å². The highest BCUT2D eigenvalue weighted by Crippen LogP contribution is 2.41. The highest BCUT2D eigenvalue weighted by atomic mass is 79.9. The average molecular weight is 328 g/mol. The van der Waals surface area contributed by atoms with E-state index in [0.29, 0.717) is 12.0 Å². The molecule has 2 rings (SSSR count). The van der Waals surface area contributed by atoms with Crippen molar-refractivity contribution in [1.82, 2.24) is 5.32 Å². The molecule has 1 N–H and O–H groups in total. The summed E-state index contributed by atoms with van der Waals surface area (Å²) in [6.07, 6.45) is 6.52. The van der Waals surface area contributed by atoms with Gasteiger partial charge in [-0.15, -0.1) is 0 Å². The first-order valence-corrected chi connectivity index (χ1v) is 8.08. The Hall–Kier alpha value is -0.410. The lowest BCUT2D eigenvalue weighted by atomic mass is 9.72. The van der Waals surface area contributed by atoms with Crippen molar-refractivity contribution < 1.29 is 4.39 Å². The van der Waals surface area contributed by atoms with Crippen molar-refractivity contribution in [2.24, 2.45) is 11.8 Å². The van der Waals surface area contributed by atoms with E-state index < -0.39 is 0 Å². The second-order valence-electron chi connectivity index (χ2n) is 5.55. The van der Waals surface area contributed by atoms with Crippen molar-refractivity contribution in [3.8, 4) is 0 Å². The molecule has 3 unspecified atom stereocenters. The van der Waals surface area contributed by atoms with Gasteiger partial charge in [-0.1, -0.05) is 54.6 Å². The average Bonchev–Trinajstić information content (AvgIpc) is 2.42. The zero-order valence-electron chi connectivity index (χ0n) is 11.8. The molecule has 0 amide bonds. The third kappa shape index (κ3) is 3.38. The van der Waals surface area contributed by atoms with Gasteiger partial charge in [0, 0.05) is 10.5 Å². The molecular weight excluding hydrogens is 305 g/mol. The third-order valence-electron chi connectivity index (χ3n) is 4.53. The van der Waals surface area contributed by atoms with E-state index in [-0.39, 0.29) is 5.82 Å². The summed E-state index contributed by atoms with van der Waals surface area (Å²) in [7, 11) is 2.02. The minimum atomic E-state index is -0.179. The van der Waals surface area contributed by atoms with E-state index in [1.165, 1.54) is 37.7 Å². The van der Waals surface area contributed by atoms with Gasteiger partial charge >= 0.3 is 0 Å². The highest BCUT2D eigenvalue weighted by Gasteiger charge is 2.31. The van der Waals surface area contributed by atoms with Gasteiger partial charge in [0.1, 0.15) is 5.82 Å². The van der Waals surface area contributed by atoms with Crippen molar-refractivity contribution in [1.29, 1.82) is 0 Å². The first-order chi connectivity index (χ1) is 9.17. The van der Waals surface area contributed by atoms with Gasteiger partial charge < -0.3 is 5.32 Å². The Morgan fingerprint density at radius 2 is 2.11 bits per heavy atom. The number of halogens is 2. The molecule has 3 heteroatoms. The molecule has 1 nitrogen and oxygen atoms in total. The van der Waals surface area contributed by atoms with Gasteiger partial charge in [-0.3, -0.25) is 0 Å². The summed E-state index contributed by atoms with van der Waals surface area (Å²) in [6, 6.07) is 5.37. The highest BCUT2D eigenvalue weighted by molar-refractivity contribution is 9.10. The van der Waals surface area contributed by atoms with Crippen LogP contribution in [-0.2, 0) is 0 Å². The second kappa shape index (κ2) is 6.85. The van der Waals surface area contributed by atoms with E-state index in [1.54, 1.807) is 12.1 Å². The molecule has 0 bridgehead atoms. The smallest absolute Gasteiger partial charge is 0.124 e. The second-order valence-corrected chi connectivity index (χ2v) is 6.40. The summed E-state index contributed by atoms with van der Waals surface area (Å²) in [5, 5.41) is 3.46. The van der Waals surface area contributed by atoms with Crippen molar-refractivity contribution >= 4 is 15.9 Å². The third-order valence-corrected chi connectivity index (χ3v) is 5.22. The van der Waals surface area contributed by atoms with Gasteiger partial charge in [0.05, 0.1) is 0 Å². The molecule has 19 heavy (non-hydrogen) atoms. The Labute approximate surface area is 124 Å². The molecule has 106 valence electrons. The van der Waals surface area contributed by atoms with Crippen LogP contribution in [0.25, 0.3) is 0 Å². The fourth-order valence-electron chi connectivity index (χ4n) is 3.54. The van der Waals surface area contributed by atoms with E-state index in [9.17, 15) is 4.39 Å². The Morgan fingerprint density at radius 1 is 1.37 bits per heavy atom. The largest absolute Gasteiger partial charge is 0.313 e. The lowest BCUT2D eigenvalue weighted by molar-refractivity contribution is 0.180. The molecular formula is C16H23BrFN. The summed E-state index contributed by atoms with van der Waals surface area (Å²) in [4.78, 5) is 0. The fraction of sp³-hybridized carbons (Fsp3) is 0.625. The minimum absolute atomic E-state index is 0.179. The summed E-state index contributed by atoms with van der Waals surface area (Å²) in [5.41, 5.74) is 1.19. The van der Waals surface area contributed by atoms with Gasteiger partial charge in [0.2, 0.25) is 0 Å². The number of hydrogen-bond acceptors (Lipinski definition) is 1. The van der Waals surface area contributed by atoms with Crippen LogP contribution in [0.4, 0.5) is 4.39 Å². The molecule has 0 heterocycles. The Kier molecular flexibility index (Phi) is 5.40. The SMILES string of the molecule is CCC1CCCCC1C(NC)c1ccc(F)cc1Br. The fourth-order valence-corrected chi connectivity index (χ4v) is 4.13. The van der Waals surface area contributed by atoms with Crippen molar-refractivity contribution in [2.75, 3.05) is 7.05 Å². The molecule has 1 aliphatic rings. The molecule has 0 aromatic heterocycles. The standard InChI is InChI=1S/C16H23BrFN/c1-3-11-6-4-5-7-13(11)16(19-2)14-9-8-12(18)10-15(14)17/h8-11,13,16,19H,3-7H2,1-2H3. The molecule has 0 saturated heterocycles. The maximum Gasteiger partial charge on any atom is 0.124 e. The van der Waals surface area contributed by atoms with E-state index in [4.69, 9.17) is 0 Å². The van der Waals surface area contributed by atoms with Crippen molar-refractivity contribution in [3.05, 3.63) is 34.1 Å². The number of nitrogens with one attached hydrogen (secondary N) is 1. The van der Waals surface area contributed by atoms with Crippen LogP contribution in [-0.4, -0.2) is 7.05 Å². The Morgan fingerprint density at radius 3 is 2.74 bits per heavy atom. The van der Waals surface area contributed by atoms with Gasteiger partial charge in [0.15, 0.2) is 0 Å². The zero-order valence-corrected chi connectivity index (χ0v) is 13.3. The van der Waals surface area contributed by atoms with Crippen LogP contribution in [0, 0.1) is 17.7 Å².